The largest absolute Gasteiger partial charge is 0.277 e. The summed E-state index contributed by atoms with van der Waals surface area (Å²) in [5, 5.41) is 11.7. The van der Waals surface area contributed by atoms with Gasteiger partial charge in [0.05, 0.1) is 10.5 Å². The molecule has 0 spiro atoms. The van der Waals surface area contributed by atoms with E-state index in [1.807, 2.05) is 79.7 Å². The Bertz CT molecular complexity index is 1140. The molecular weight excluding hydrogens is 346 g/mol. The minimum absolute atomic E-state index is 0.129. The summed E-state index contributed by atoms with van der Waals surface area (Å²) < 4.78 is 0. The molecule has 0 unspecified atom stereocenters. The number of nitrogens with zero attached hydrogens (tertiary/aromatic N) is 1. The lowest BCUT2D eigenvalue weighted by Crippen LogP contribution is -1.95. The monoisotopic (exact) mass is 365 g/mol. The van der Waals surface area contributed by atoms with Crippen molar-refractivity contribution >= 4 is 5.69 Å². The highest BCUT2D eigenvalue weighted by Gasteiger charge is 2.19. The maximum Gasteiger partial charge on any atom is 0.277 e. The first kappa shape index (κ1) is 17.7. The van der Waals surface area contributed by atoms with Crippen molar-refractivity contribution < 1.29 is 4.92 Å². The fourth-order valence-corrected chi connectivity index (χ4v) is 3.47. The van der Waals surface area contributed by atoms with Crippen molar-refractivity contribution in [3.8, 4) is 33.4 Å². The molecule has 0 radical (unpaired) electrons. The van der Waals surface area contributed by atoms with Crippen LogP contribution in [0.2, 0.25) is 0 Å². The van der Waals surface area contributed by atoms with Gasteiger partial charge < -0.3 is 0 Å². The Morgan fingerprint density at radius 1 is 0.607 bits per heavy atom. The Morgan fingerprint density at radius 3 is 1.86 bits per heavy atom. The van der Waals surface area contributed by atoms with Crippen molar-refractivity contribution in [3.05, 3.63) is 113 Å². The van der Waals surface area contributed by atoms with E-state index in [1.165, 1.54) is 0 Å². The van der Waals surface area contributed by atoms with Crippen LogP contribution in [0.3, 0.4) is 0 Å². The summed E-state index contributed by atoms with van der Waals surface area (Å²) in [6, 6.07) is 31.7. The zero-order valence-corrected chi connectivity index (χ0v) is 15.5. The number of hydrogen-bond acceptors (Lipinski definition) is 2. The molecule has 4 aromatic rings. The summed E-state index contributed by atoms with van der Waals surface area (Å²) in [5.41, 5.74) is 6.70. The smallest absolute Gasteiger partial charge is 0.258 e. The number of hydrogen-bond donors (Lipinski definition) is 0. The van der Waals surface area contributed by atoms with Crippen LogP contribution in [0.15, 0.2) is 97.1 Å². The van der Waals surface area contributed by atoms with Crippen molar-refractivity contribution in [1.29, 1.82) is 0 Å². The van der Waals surface area contributed by atoms with E-state index in [0.29, 0.717) is 5.56 Å². The first-order chi connectivity index (χ1) is 13.6. The summed E-state index contributed by atoms with van der Waals surface area (Å²) in [6.07, 6.45) is 0. The van der Waals surface area contributed by atoms with Crippen LogP contribution in [-0.2, 0) is 0 Å². The third kappa shape index (κ3) is 3.42. The molecule has 0 fully saturated rings. The molecule has 4 rings (SSSR count). The Morgan fingerprint density at radius 2 is 1.21 bits per heavy atom. The van der Waals surface area contributed by atoms with E-state index in [0.717, 1.165) is 33.4 Å². The molecule has 0 aromatic heterocycles. The predicted octanol–water partition coefficient (Wildman–Crippen LogP) is 6.90. The highest BCUT2D eigenvalue weighted by molar-refractivity contribution is 5.90. The van der Waals surface area contributed by atoms with Crippen LogP contribution in [0.1, 0.15) is 5.56 Å². The van der Waals surface area contributed by atoms with Crippen molar-refractivity contribution in [2.45, 2.75) is 6.92 Å². The van der Waals surface area contributed by atoms with E-state index in [-0.39, 0.29) is 10.6 Å². The molecule has 4 aromatic carbocycles. The van der Waals surface area contributed by atoms with Crippen LogP contribution in [0.4, 0.5) is 5.69 Å². The van der Waals surface area contributed by atoms with E-state index in [2.05, 4.69) is 18.2 Å². The minimum Gasteiger partial charge on any atom is -0.258 e. The van der Waals surface area contributed by atoms with E-state index in [1.54, 1.807) is 6.07 Å². The van der Waals surface area contributed by atoms with E-state index >= 15 is 0 Å². The van der Waals surface area contributed by atoms with Crippen molar-refractivity contribution in [1.82, 2.24) is 0 Å². The second-order valence-corrected chi connectivity index (χ2v) is 6.77. The summed E-state index contributed by atoms with van der Waals surface area (Å²) >= 11 is 0. The molecule has 0 N–H and O–H groups in total. The number of nitro groups is 1. The lowest BCUT2D eigenvalue weighted by atomic mass is 9.90. The molecule has 3 heteroatoms. The zero-order valence-electron chi connectivity index (χ0n) is 15.5. The minimum atomic E-state index is -0.303. The quantitative estimate of drug-likeness (QED) is 0.291. The van der Waals surface area contributed by atoms with E-state index < -0.39 is 0 Å². The molecule has 0 aliphatic carbocycles. The van der Waals surface area contributed by atoms with Gasteiger partial charge in [0.2, 0.25) is 0 Å². The van der Waals surface area contributed by atoms with Crippen LogP contribution in [-0.4, -0.2) is 4.92 Å². The first-order valence-corrected chi connectivity index (χ1v) is 9.14. The van der Waals surface area contributed by atoms with Crippen molar-refractivity contribution in [2.75, 3.05) is 0 Å². The summed E-state index contributed by atoms with van der Waals surface area (Å²) in [4.78, 5) is 11.4. The average Bonchev–Trinajstić information content (AvgIpc) is 2.74. The highest BCUT2D eigenvalue weighted by Crippen LogP contribution is 2.39. The third-order valence-electron chi connectivity index (χ3n) is 4.85. The number of aryl methyl sites for hydroxylation is 1. The zero-order chi connectivity index (χ0) is 19.5. The van der Waals surface area contributed by atoms with Crippen molar-refractivity contribution in [3.63, 3.8) is 0 Å². The molecule has 3 nitrogen and oxygen atoms in total. The van der Waals surface area contributed by atoms with Gasteiger partial charge in [-0.3, -0.25) is 10.1 Å². The maximum absolute atomic E-state index is 11.7. The fourth-order valence-electron chi connectivity index (χ4n) is 3.47. The lowest BCUT2D eigenvalue weighted by Gasteiger charge is -2.14. The standard InChI is InChI=1S/C25H19NO2/c1-18-12-14-23(25(16-18)26(27)28)22-15-13-21(19-8-4-2-5-9-19)17-24(22)20-10-6-3-7-11-20/h2-17H,1H3. The Labute approximate surface area is 164 Å². The Hall–Kier alpha value is -3.72. The third-order valence-corrected chi connectivity index (χ3v) is 4.85. The molecule has 0 aliphatic heterocycles. The van der Waals surface area contributed by atoms with Crippen LogP contribution >= 0.6 is 0 Å². The van der Waals surface area contributed by atoms with Gasteiger partial charge in [-0.05, 0) is 52.4 Å². The van der Waals surface area contributed by atoms with Gasteiger partial charge in [-0.15, -0.1) is 0 Å². The molecule has 136 valence electrons. The maximum atomic E-state index is 11.7. The molecule has 0 atom stereocenters. The van der Waals surface area contributed by atoms with Crippen LogP contribution in [0, 0.1) is 17.0 Å². The van der Waals surface area contributed by atoms with Gasteiger partial charge in [0.1, 0.15) is 0 Å². The summed E-state index contributed by atoms with van der Waals surface area (Å²) in [7, 11) is 0. The lowest BCUT2D eigenvalue weighted by molar-refractivity contribution is -0.384. The van der Waals surface area contributed by atoms with Gasteiger partial charge in [-0.25, -0.2) is 0 Å². The molecule has 0 amide bonds. The van der Waals surface area contributed by atoms with Crippen LogP contribution in [0.25, 0.3) is 33.4 Å². The highest BCUT2D eigenvalue weighted by atomic mass is 16.6. The van der Waals surface area contributed by atoms with Gasteiger partial charge in [0.25, 0.3) is 5.69 Å². The van der Waals surface area contributed by atoms with Gasteiger partial charge in [-0.2, -0.15) is 0 Å². The van der Waals surface area contributed by atoms with Gasteiger partial charge in [0.15, 0.2) is 0 Å². The van der Waals surface area contributed by atoms with Gasteiger partial charge in [0, 0.05) is 6.07 Å². The molecule has 28 heavy (non-hydrogen) atoms. The van der Waals surface area contributed by atoms with Crippen molar-refractivity contribution in [2.24, 2.45) is 0 Å². The van der Waals surface area contributed by atoms with Gasteiger partial charge >= 0.3 is 0 Å². The molecule has 0 aliphatic rings. The van der Waals surface area contributed by atoms with E-state index in [9.17, 15) is 10.1 Å². The molecule has 0 saturated carbocycles. The Balaban J connectivity index is 1.97. The molecule has 0 saturated heterocycles. The molecule has 0 heterocycles. The second kappa shape index (κ2) is 7.49. The summed E-state index contributed by atoms with van der Waals surface area (Å²) in [5.74, 6) is 0. The van der Waals surface area contributed by atoms with E-state index in [4.69, 9.17) is 0 Å². The predicted molar refractivity (Wildman–Crippen MR) is 114 cm³/mol. The van der Waals surface area contributed by atoms with Crippen LogP contribution < -0.4 is 0 Å². The summed E-state index contributed by atoms with van der Waals surface area (Å²) in [6.45, 7) is 1.87. The topological polar surface area (TPSA) is 43.1 Å². The number of nitro benzene ring substituents is 1. The number of benzene rings is 4. The first-order valence-electron chi connectivity index (χ1n) is 9.14. The Kier molecular flexibility index (Phi) is 4.73. The average molecular weight is 365 g/mol. The molecule has 0 bridgehead atoms. The second-order valence-electron chi connectivity index (χ2n) is 6.77. The normalized spacial score (nSPS) is 10.6. The number of rotatable bonds is 4. The molecular formula is C25H19NO2. The fraction of sp³-hybridized carbons (Fsp3) is 0.0400. The van der Waals surface area contributed by atoms with Gasteiger partial charge in [-0.1, -0.05) is 78.9 Å². The van der Waals surface area contributed by atoms with Crippen LogP contribution in [0.5, 0.6) is 0 Å². The SMILES string of the molecule is Cc1ccc(-c2ccc(-c3ccccc3)cc2-c2ccccc2)c([N+](=O)[O-])c1.